The van der Waals surface area contributed by atoms with Crippen LogP contribution >= 0.6 is 12.4 Å². The van der Waals surface area contributed by atoms with Crippen molar-refractivity contribution in [3.8, 4) is 11.5 Å². The highest BCUT2D eigenvalue weighted by molar-refractivity contribution is 7.91. The number of carbonyl (C=O) groups excluding carboxylic acids is 1. The molecular weight excluding hydrogens is 392 g/mol. The SMILES string of the molecule is CC1CNCCC1NC(=O)CCS(=O)(=O)c1ccc2c(c1)OCCCO2.Cl. The zero-order valence-electron chi connectivity index (χ0n) is 15.4. The second-order valence-electron chi connectivity index (χ2n) is 6.87. The summed E-state index contributed by atoms with van der Waals surface area (Å²) in [4.78, 5) is 12.3. The highest BCUT2D eigenvalue weighted by atomic mass is 35.5. The van der Waals surface area contributed by atoms with Gasteiger partial charge in [-0.3, -0.25) is 4.79 Å². The lowest BCUT2D eigenvalue weighted by Crippen LogP contribution is -2.48. The Kier molecular flexibility index (Phi) is 7.76. The molecule has 0 saturated carbocycles. The normalized spacial score (nSPS) is 22.3. The number of benzene rings is 1. The van der Waals surface area contributed by atoms with Gasteiger partial charge < -0.3 is 20.1 Å². The maximum atomic E-state index is 12.6. The van der Waals surface area contributed by atoms with E-state index in [1.54, 1.807) is 6.07 Å². The average Bonchev–Trinajstić information content (AvgIpc) is 2.87. The van der Waals surface area contributed by atoms with Crippen LogP contribution in [0.1, 0.15) is 26.2 Å². The molecule has 7 nitrogen and oxygen atoms in total. The summed E-state index contributed by atoms with van der Waals surface area (Å²) in [7, 11) is -3.56. The van der Waals surface area contributed by atoms with Gasteiger partial charge in [-0.05, 0) is 37.6 Å². The van der Waals surface area contributed by atoms with Gasteiger partial charge in [0.25, 0.3) is 0 Å². The molecule has 2 N–H and O–H groups in total. The molecule has 27 heavy (non-hydrogen) atoms. The quantitative estimate of drug-likeness (QED) is 0.753. The van der Waals surface area contributed by atoms with E-state index in [-0.39, 0.29) is 41.4 Å². The molecule has 9 heteroatoms. The van der Waals surface area contributed by atoms with Gasteiger partial charge >= 0.3 is 0 Å². The minimum atomic E-state index is -3.56. The number of carbonyl (C=O) groups is 1. The first-order chi connectivity index (χ1) is 12.5. The van der Waals surface area contributed by atoms with Crippen LogP contribution in [-0.2, 0) is 14.6 Å². The Morgan fingerprint density at radius 1 is 1.26 bits per heavy atom. The number of amides is 1. The van der Waals surface area contributed by atoms with Crippen LogP contribution < -0.4 is 20.1 Å². The van der Waals surface area contributed by atoms with Gasteiger partial charge in [-0.15, -0.1) is 12.4 Å². The Hall–Kier alpha value is -1.51. The minimum absolute atomic E-state index is 0. The van der Waals surface area contributed by atoms with Gasteiger partial charge in [-0.2, -0.15) is 0 Å². The molecule has 2 aliphatic heterocycles. The first-order valence-electron chi connectivity index (χ1n) is 9.08. The fraction of sp³-hybridized carbons (Fsp3) is 0.611. The van der Waals surface area contributed by atoms with Gasteiger partial charge in [-0.1, -0.05) is 6.92 Å². The summed E-state index contributed by atoms with van der Waals surface area (Å²) >= 11 is 0. The van der Waals surface area contributed by atoms with E-state index in [1.807, 2.05) is 0 Å². The monoisotopic (exact) mass is 418 g/mol. The van der Waals surface area contributed by atoms with E-state index in [2.05, 4.69) is 17.6 Å². The highest BCUT2D eigenvalue weighted by Gasteiger charge is 2.24. The fourth-order valence-corrected chi connectivity index (χ4v) is 4.44. The fourth-order valence-electron chi connectivity index (χ4n) is 3.19. The Balaban J connectivity index is 0.00000261. The largest absolute Gasteiger partial charge is 0.490 e. The Morgan fingerprint density at radius 2 is 2.00 bits per heavy atom. The van der Waals surface area contributed by atoms with Crippen molar-refractivity contribution < 1.29 is 22.7 Å². The van der Waals surface area contributed by atoms with Crippen LogP contribution in [0.25, 0.3) is 0 Å². The van der Waals surface area contributed by atoms with Gasteiger partial charge in [0.15, 0.2) is 21.3 Å². The Morgan fingerprint density at radius 3 is 2.74 bits per heavy atom. The molecule has 2 heterocycles. The predicted octanol–water partition coefficient (Wildman–Crippen LogP) is 1.55. The van der Waals surface area contributed by atoms with Crippen molar-refractivity contribution in [2.45, 2.75) is 37.1 Å². The van der Waals surface area contributed by atoms with Crippen LogP contribution in [0.2, 0.25) is 0 Å². The third-order valence-electron chi connectivity index (χ3n) is 4.81. The summed E-state index contributed by atoms with van der Waals surface area (Å²) in [5, 5.41) is 6.24. The molecule has 1 saturated heterocycles. The molecule has 0 spiro atoms. The molecule has 2 atom stereocenters. The lowest BCUT2D eigenvalue weighted by atomic mass is 9.95. The zero-order chi connectivity index (χ0) is 18.6. The van der Waals surface area contributed by atoms with Crippen molar-refractivity contribution in [2.75, 3.05) is 32.1 Å². The van der Waals surface area contributed by atoms with E-state index >= 15 is 0 Å². The van der Waals surface area contributed by atoms with Crippen LogP contribution in [-0.4, -0.2) is 52.4 Å². The van der Waals surface area contributed by atoms with Crippen molar-refractivity contribution in [2.24, 2.45) is 5.92 Å². The van der Waals surface area contributed by atoms with Crippen molar-refractivity contribution in [1.29, 1.82) is 0 Å². The van der Waals surface area contributed by atoms with Crippen LogP contribution in [0.3, 0.4) is 0 Å². The van der Waals surface area contributed by atoms with Crippen molar-refractivity contribution in [1.82, 2.24) is 10.6 Å². The molecule has 2 aliphatic rings. The third kappa shape index (κ3) is 5.73. The lowest BCUT2D eigenvalue weighted by molar-refractivity contribution is -0.121. The van der Waals surface area contributed by atoms with Crippen molar-refractivity contribution in [3.05, 3.63) is 18.2 Å². The smallest absolute Gasteiger partial charge is 0.221 e. The summed E-state index contributed by atoms with van der Waals surface area (Å²) in [6, 6.07) is 4.72. The number of rotatable bonds is 5. The summed E-state index contributed by atoms with van der Waals surface area (Å²) in [5.74, 6) is 0.890. The second-order valence-corrected chi connectivity index (χ2v) is 8.98. The second kappa shape index (κ2) is 9.61. The molecule has 0 aromatic heterocycles. The molecule has 0 aliphatic carbocycles. The van der Waals surface area contributed by atoms with E-state index in [0.717, 1.165) is 25.9 Å². The molecule has 1 amide bonds. The molecular formula is C18H27ClN2O5S. The summed E-state index contributed by atoms with van der Waals surface area (Å²) in [6.07, 6.45) is 1.57. The predicted molar refractivity (Wildman–Crippen MR) is 105 cm³/mol. The average molecular weight is 419 g/mol. The van der Waals surface area contributed by atoms with Crippen LogP contribution in [0.5, 0.6) is 11.5 Å². The molecule has 0 radical (unpaired) electrons. The van der Waals surface area contributed by atoms with E-state index in [0.29, 0.717) is 30.6 Å². The third-order valence-corrected chi connectivity index (χ3v) is 6.52. The molecule has 152 valence electrons. The van der Waals surface area contributed by atoms with E-state index in [9.17, 15) is 13.2 Å². The Bertz CT molecular complexity index is 756. The highest BCUT2D eigenvalue weighted by Crippen LogP contribution is 2.32. The maximum absolute atomic E-state index is 12.6. The number of halogens is 1. The Labute approximate surface area is 166 Å². The van der Waals surface area contributed by atoms with Crippen LogP contribution in [0.4, 0.5) is 0 Å². The number of fused-ring (bicyclic) bond motifs is 1. The number of hydrogen-bond donors (Lipinski definition) is 2. The summed E-state index contributed by atoms with van der Waals surface area (Å²) in [5.41, 5.74) is 0. The molecule has 3 rings (SSSR count). The molecule has 1 fully saturated rings. The van der Waals surface area contributed by atoms with Gasteiger partial charge in [0.2, 0.25) is 5.91 Å². The van der Waals surface area contributed by atoms with Crippen molar-refractivity contribution >= 4 is 28.2 Å². The topological polar surface area (TPSA) is 93.7 Å². The first-order valence-corrected chi connectivity index (χ1v) is 10.7. The molecule has 1 aromatic carbocycles. The van der Waals surface area contributed by atoms with Crippen LogP contribution in [0.15, 0.2) is 23.1 Å². The lowest BCUT2D eigenvalue weighted by Gasteiger charge is -2.30. The number of sulfone groups is 1. The molecule has 1 aromatic rings. The van der Waals surface area contributed by atoms with Gasteiger partial charge in [0, 0.05) is 24.9 Å². The van der Waals surface area contributed by atoms with Crippen LogP contribution in [0, 0.1) is 5.92 Å². The standard InChI is InChI=1S/C18H26N2O5S.ClH/c1-13-12-19-7-5-15(13)20-18(21)6-10-26(22,23)14-3-4-16-17(11-14)25-9-2-8-24-16;/h3-4,11,13,15,19H,2,5-10,12H2,1H3,(H,20,21);1H. The maximum Gasteiger partial charge on any atom is 0.221 e. The van der Waals surface area contributed by atoms with Gasteiger partial charge in [-0.25, -0.2) is 8.42 Å². The molecule has 2 unspecified atom stereocenters. The van der Waals surface area contributed by atoms with Crippen molar-refractivity contribution in [3.63, 3.8) is 0 Å². The number of piperidine rings is 1. The summed E-state index contributed by atoms with van der Waals surface area (Å²) < 4.78 is 36.2. The zero-order valence-corrected chi connectivity index (χ0v) is 17.0. The summed E-state index contributed by atoms with van der Waals surface area (Å²) in [6.45, 7) is 4.85. The van der Waals surface area contributed by atoms with E-state index in [4.69, 9.17) is 9.47 Å². The number of ether oxygens (including phenoxy) is 2. The first kappa shape index (κ1) is 21.8. The number of hydrogen-bond acceptors (Lipinski definition) is 6. The minimum Gasteiger partial charge on any atom is -0.490 e. The van der Waals surface area contributed by atoms with Gasteiger partial charge in [0.1, 0.15) is 0 Å². The number of nitrogens with one attached hydrogen (secondary N) is 2. The van der Waals surface area contributed by atoms with E-state index in [1.165, 1.54) is 12.1 Å². The molecule has 0 bridgehead atoms. The van der Waals surface area contributed by atoms with E-state index < -0.39 is 9.84 Å². The van der Waals surface area contributed by atoms with Gasteiger partial charge in [0.05, 0.1) is 23.9 Å².